The van der Waals surface area contributed by atoms with Gasteiger partial charge in [0.15, 0.2) is 0 Å². The molecule has 21 heavy (non-hydrogen) atoms. The van der Waals surface area contributed by atoms with Crippen LogP contribution in [0.5, 0.6) is 0 Å². The highest BCUT2D eigenvalue weighted by atomic mass is 16.1. The maximum absolute atomic E-state index is 12.6. The van der Waals surface area contributed by atoms with Crippen LogP contribution >= 0.6 is 0 Å². The highest BCUT2D eigenvalue weighted by molar-refractivity contribution is 6.06. The van der Waals surface area contributed by atoms with E-state index in [9.17, 15) is 4.79 Å². The Hall–Kier alpha value is -2.36. The molecule has 1 amide bonds. The minimum Gasteiger partial charge on any atom is -0.385 e. The minimum atomic E-state index is -0.0655. The number of carbonyl (C=O) groups excluding carboxylic acids is 1. The highest BCUT2D eigenvalue weighted by Gasteiger charge is 2.17. The number of pyridine rings is 1. The number of hydrogen-bond acceptors (Lipinski definition) is 3. The van der Waals surface area contributed by atoms with Gasteiger partial charge in [-0.3, -0.25) is 9.78 Å². The van der Waals surface area contributed by atoms with Gasteiger partial charge in [0, 0.05) is 23.5 Å². The quantitative estimate of drug-likeness (QED) is 0.888. The molecule has 0 radical (unpaired) electrons. The normalized spacial score (nSPS) is 13.2. The predicted molar refractivity (Wildman–Crippen MR) is 84.9 cm³/mol. The van der Waals surface area contributed by atoms with Gasteiger partial charge in [-0.15, -0.1) is 0 Å². The fourth-order valence-electron chi connectivity index (χ4n) is 2.73. The van der Waals surface area contributed by atoms with Gasteiger partial charge in [-0.1, -0.05) is 6.07 Å². The van der Waals surface area contributed by atoms with Gasteiger partial charge in [-0.05, 0) is 56.5 Å². The van der Waals surface area contributed by atoms with Crippen LogP contribution in [0.15, 0.2) is 30.3 Å². The summed E-state index contributed by atoms with van der Waals surface area (Å²) in [6.45, 7) is 4.82. The monoisotopic (exact) mass is 281 g/mol. The summed E-state index contributed by atoms with van der Waals surface area (Å²) in [4.78, 5) is 16.9. The van der Waals surface area contributed by atoms with Crippen molar-refractivity contribution in [1.82, 2.24) is 4.98 Å². The molecule has 0 fully saturated rings. The first-order valence-electron chi connectivity index (χ1n) is 7.26. The van der Waals surface area contributed by atoms with Crippen LogP contribution < -0.4 is 10.6 Å². The third-order valence-electron chi connectivity index (χ3n) is 3.81. The van der Waals surface area contributed by atoms with E-state index in [1.165, 1.54) is 0 Å². The molecule has 2 aromatic rings. The molecule has 0 aliphatic carbocycles. The van der Waals surface area contributed by atoms with Crippen molar-refractivity contribution in [2.24, 2.45) is 0 Å². The zero-order valence-electron chi connectivity index (χ0n) is 12.4. The molecule has 108 valence electrons. The molecule has 0 unspecified atom stereocenters. The zero-order valence-corrected chi connectivity index (χ0v) is 12.4. The van der Waals surface area contributed by atoms with E-state index in [1.54, 1.807) is 0 Å². The van der Waals surface area contributed by atoms with E-state index in [4.69, 9.17) is 0 Å². The number of benzene rings is 1. The van der Waals surface area contributed by atoms with Crippen LogP contribution in [-0.2, 0) is 6.42 Å². The zero-order chi connectivity index (χ0) is 14.8. The largest absolute Gasteiger partial charge is 0.385 e. The van der Waals surface area contributed by atoms with Crippen molar-refractivity contribution in [2.45, 2.75) is 26.7 Å². The van der Waals surface area contributed by atoms with Crippen molar-refractivity contribution in [3.8, 4) is 0 Å². The topological polar surface area (TPSA) is 54.0 Å². The molecule has 4 heteroatoms. The summed E-state index contributed by atoms with van der Waals surface area (Å²) >= 11 is 0. The summed E-state index contributed by atoms with van der Waals surface area (Å²) in [6.07, 6.45) is 2.00. The van der Waals surface area contributed by atoms with Gasteiger partial charge < -0.3 is 10.6 Å². The van der Waals surface area contributed by atoms with Gasteiger partial charge in [0.25, 0.3) is 5.91 Å². The molecule has 2 N–H and O–H groups in total. The molecule has 3 rings (SSSR count). The Morgan fingerprint density at radius 2 is 2.10 bits per heavy atom. The van der Waals surface area contributed by atoms with E-state index in [1.807, 2.05) is 44.2 Å². The number of hydrogen-bond donors (Lipinski definition) is 2. The Labute approximate surface area is 124 Å². The Balaban J connectivity index is 1.89. The fourth-order valence-corrected chi connectivity index (χ4v) is 2.73. The number of aromatic nitrogens is 1. The molecule has 1 aromatic heterocycles. The Morgan fingerprint density at radius 1 is 1.24 bits per heavy atom. The lowest BCUT2D eigenvalue weighted by atomic mass is 9.97. The summed E-state index contributed by atoms with van der Waals surface area (Å²) in [7, 11) is 0. The fraction of sp³-hybridized carbons (Fsp3) is 0.294. The number of nitrogens with one attached hydrogen (secondary N) is 2. The third-order valence-corrected chi connectivity index (χ3v) is 3.81. The second kappa shape index (κ2) is 5.56. The van der Waals surface area contributed by atoms with Crippen LogP contribution in [0.25, 0.3) is 0 Å². The number of amides is 1. The molecule has 1 aromatic carbocycles. The van der Waals surface area contributed by atoms with E-state index >= 15 is 0 Å². The minimum absolute atomic E-state index is 0.0655. The summed E-state index contributed by atoms with van der Waals surface area (Å²) in [6, 6.07) is 9.65. The second-order valence-electron chi connectivity index (χ2n) is 5.40. The Morgan fingerprint density at radius 3 is 2.90 bits per heavy atom. The summed E-state index contributed by atoms with van der Waals surface area (Å²) in [5.74, 6) is -0.0655. The average molecular weight is 281 g/mol. The molecule has 0 saturated heterocycles. The maximum Gasteiger partial charge on any atom is 0.256 e. The van der Waals surface area contributed by atoms with Crippen molar-refractivity contribution in [1.29, 1.82) is 0 Å². The predicted octanol–water partition coefficient (Wildman–Crippen LogP) is 3.31. The van der Waals surface area contributed by atoms with Crippen molar-refractivity contribution in [2.75, 3.05) is 17.2 Å². The van der Waals surface area contributed by atoms with Crippen LogP contribution in [0.4, 0.5) is 11.4 Å². The van der Waals surface area contributed by atoms with Crippen LogP contribution in [0, 0.1) is 13.8 Å². The molecule has 0 atom stereocenters. The first kappa shape index (κ1) is 13.6. The van der Waals surface area contributed by atoms with Crippen LogP contribution in [0.3, 0.4) is 0 Å². The molecule has 2 heterocycles. The van der Waals surface area contributed by atoms with Gasteiger partial charge >= 0.3 is 0 Å². The van der Waals surface area contributed by atoms with Crippen molar-refractivity contribution >= 4 is 17.3 Å². The lowest BCUT2D eigenvalue weighted by Crippen LogP contribution is -2.19. The third kappa shape index (κ3) is 2.75. The lowest BCUT2D eigenvalue weighted by molar-refractivity contribution is 0.102. The van der Waals surface area contributed by atoms with Crippen LogP contribution in [0.2, 0.25) is 0 Å². The molecular formula is C17H19N3O. The van der Waals surface area contributed by atoms with Gasteiger partial charge in [0.1, 0.15) is 0 Å². The molecule has 0 spiro atoms. The van der Waals surface area contributed by atoms with E-state index in [0.29, 0.717) is 0 Å². The van der Waals surface area contributed by atoms with Crippen molar-refractivity contribution in [3.63, 3.8) is 0 Å². The summed E-state index contributed by atoms with van der Waals surface area (Å²) in [5, 5.41) is 6.32. The molecule has 1 aliphatic rings. The lowest BCUT2D eigenvalue weighted by Gasteiger charge is -2.20. The van der Waals surface area contributed by atoms with Crippen molar-refractivity contribution < 1.29 is 4.79 Å². The van der Waals surface area contributed by atoms with Gasteiger partial charge in [0.05, 0.1) is 11.4 Å². The number of fused-ring (bicyclic) bond motifs is 1. The van der Waals surface area contributed by atoms with Gasteiger partial charge in [-0.2, -0.15) is 0 Å². The average Bonchev–Trinajstić information content (AvgIpc) is 2.49. The second-order valence-corrected chi connectivity index (χ2v) is 5.40. The van der Waals surface area contributed by atoms with E-state index < -0.39 is 0 Å². The first-order chi connectivity index (χ1) is 10.1. The molecular weight excluding hydrogens is 262 g/mol. The number of carbonyl (C=O) groups is 1. The summed E-state index contributed by atoms with van der Waals surface area (Å²) < 4.78 is 0. The number of aryl methyl sites for hydroxylation is 2. The molecule has 1 aliphatic heterocycles. The number of anilines is 2. The van der Waals surface area contributed by atoms with E-state index in [0.717, 1.165) is 53.3 Å². The summed E-state index contributed by atoms with van der Waals surface area (Å²) in [5.41, 5.74) is 5.50. The SMILES string of the molecule is Cc1ccc(NC(=O)c2cccc3c2CCCN3)c(C)n1. The number of rotatable bonds is 2. The van der Waals surface area contributed by atoms with Crippen molar-refractivity contribution in [3.05, 3.63) is 52.8 Å². The smallest absolute Gasteiger partial charge is 0.256 e. The van der Waals surface area contributed by atoms with E-state index in [-0.39, 0.29) is 5.91 Å². The standard InChI is InChI=1S/C17H19N3O/c1-11-8-9-15(12(2)19-11)20-17(21)14-5-3-7-16-13(14)6-4-10-18-16/h3,5,7-9,18H,4,6,10H2,1-2H3,(H,20,21). The molecule has 0 saturated carbocycles. The molecule has 0 bridgehead atoms. The van der Waals surface area contributed by atoms with Gasteiger partial charge in [0.2, 0.25) is 0 Å². The van der Waals surface area contributed by atoms with Crippen LogP contribution in [-0.4, -0.2) is 17.4 Å². The maximum atomic E-state index is 12.6. The van der Waals surface area contributed by atoms with Gasteiger partial charge in [-0.25, -0.2) is 0 Å². The Kier molecular flexibility index (Phi) is 3.60. The molecule has 4 nitrogen and oxygen atoms in total. The van der Waals surface area contributed by atoms with Crippen LogP contribution in [0.1, 0.15) is 33.7 Å². The first-order valence-corrected chi connectivity index (χ1v) is 7.26. The Bertz CT molecular complexity index is 694. The van der Waals surface area contributed by atoms with E-state index in [2.05, 4.69) is 15.6 Å². The number of nitrogens with zero attached hydrogens (tertiary/aromatic N) is 1. The highest BCUT2D eigenvalue weighted by Crippen LogP contribution is 2.26.